The molecule has 0 aliphatic carbocycles. The summed E-state index contributed by atoms with van der Waals surface area (Å²) in [5, 5.41) is 6.47. The standard InChI is InChI=1S/C12H15N3O2S/c1-10-5-3-4-6-12(10)18(16,17)15(2)9-11-7-13-14-8-11/h3-8H,9H2,1-2H3,(H,13,14). The average molecular weight is 265 g/mol. The highest BCUT2D eigenvalue weighted by Crippen LogP contribution is 2.19. The van der Waals surface area contributed by atoms with Crippen molar-refractivity contribution in [1.29, 1.82) is 0 Å². The number of benzene rings is 1. The van der Waals surface area contributed by atoms with Crippen LogP contribution in [0.4, 0.5) is 0 Å². The van der Waals surface area contributed by atoms with Crippen LogP contribution in [0.25, 0.3) is 0 Å². The van der Waals surface area contributed by atoms with Gasteiger partial charge >= 0.3 is 0 Å². The lowest BCUT2D eigenvalue weighted by Crippen LogP contribution is -2.26. The Bertz CT molecular complexity index is 621. The zero-order valence-electron chi connectivity index (χ0n) is 10.3. The molecule has 2 aromatic rings. The maximum Gasteiger partial charge on any atom is 0.243 e. The summed E-state index contributed by atoms with van der Waals surface area (Å²) in [4.78, 5) is 0.344. The minimum Gasteiger partial charge on any atom is -0.285 e. The molecule has 0 unspecified atom stereocenters. The highest BCUT2D eigenvalue weighted by Gasteiger charge is 2.22. The smallest absolute Gasteiger partial charge is 0.243 e. The summed E-state index contributed by atoms with van der Waals surface area (Å²) in [5.41, 5.74) is 1.58. The molecule has 0 saturated carbocycles. The maximum atomic E-state index is 12.4. The number of aromatic nitrogens is 2. The number of nitrogens with one attached hydrogen (secondary N) is 1. The SMILES string of the molecule is Cc1ccccc1S(=O)(=O)N(C)Cc1cn[nH]c1. The van der Waals surface area contributed by atoms with Gasteiger partial charge in [0.15, 0.2) is 0 Å². The second-order valence-electron chi connectivity index (χ2n) is 4.13. The van der Waals surface area contributed by atoms with Crippen LogP contribution in [0, 0.1) is 6.92 Å². The molecular formula is C12H15N3O2S. The van der Waals surface area contributed by atoms with Gasteiger partial charge in [-0.1, -0.05) is 18.2 Å². The molecule has 6 heteroatoms. The number of H-pyrrole nitrogens is 1. The molecular weight excluding hydrogens is 250 g/mol. The molecule has 0 aliphatic rings. The van der Waals surface area contributed by atoms with Gasteiger partial charge in [-0.25, -0.2) is 8.42 Å². The van der Waals surface area contributed by atoms with Crippen LogP contribution in [0.3, 0.4) is 0 Å². The van der Waals surface area contributed by atoms with E-state index in [4.69, 9.17) is 0 Å². The predicted octanol–water partition coefficient (Wildman–Crippen LogP) is 1.54. The average Bonchev–Trinajstić information content (AvgIpc) is 2.82. The van der Waals surface area contributed by atoms with Crippen molar-refractivity contribution in [1.82, 2.24) is 14.5 Å². The van der Waals surface area contributed by atoms with Crippen molar-refractivity contribution in [3.05, 3.63) is 47.8 Å². The highest BCUT2D eigenvalue weighted by atomic mass is 32.2. The quantitative estimate of drug-likeness (QED) is 0.912. The molecule has 96 valence electrons. The first-order chi connectivity index (χ1) is 8.51. The molecule has 5 nitrogen and oxygen atoms in total. The summed E-state index contributed by atoms with van der Waals surface area (Å²) in [6, 6.07) is 6.96. The summed E-state index contributed by atoms with van der Waals surface area (Å²) in [6.45, 7) is 2.09. The number of nitrogens with zero attached hydrogens (tertiary/aromatic N) is 2. The van der Waals surface area contributed by atoms with E-state index in [0.29, 0.717) is 11.4 Å². The summed E-state index contributed by atoms with van der Waals surface area (Å²) in [6.07, 6.45) is 3.30. The van der Waals surface area contributed by atoms with Gasteiger partial charge in [-0.2, -0.15) is 9.40 Å². The lowest BCUT2D eigenvalue weighted by Gasteiger charge is -2.17. The van der Waals surface area contributed by atoms with Crippen LogP contribution < -0.4 is 0 Å². The number of sulfonamides is 1. The van der Waals surface area contributed by atoms with Gasteiger partial charge < -0.3 is 0 Å². The van der Waals surface area contributed by atoms with Gasteiger partial charge in [0.2, 0.25) is 10.0 Å². The fourth-order valence-corrected chi connectivity index (χ4v) is 3.10. The van der Waals surface area contributed by atoms with Crippen LogP contribution in [0.2, 0.25) is 0 Å². The summed E-state index contributed by atoms with van der Waals surface area (Å²) >= 11 is 0. The molecule has 0 amide bonds. The third-order valence-corrected chi connectivity index (χ3v) is 4.71. The Balaban J connectivity index is 2.29. The van der Waals surface area contributed by atoms with Crippen LogP contribution in [0.15, 0.2) is 41.6 Å². The van der Waals surface area contributed by atoms with Crippen molar-refractivity contribution in [2.75, 3.05) is 7.05 Å². The largest absolute Gasteiger partial charge is 0.285 e. The monoisotopic (exact) mass is 265 g/mol. The first kappa shape index (κ1) is 12.8. The third kappa shape index (κ3) is 2.44. The number of rotatable bonds is 4. The van der Waals surface area contributed by atoms with Crippen molar-refractivity contribution < 1.29 is 8.42 Å². The minimum atomic E-state index is -3.45. The van der Waals surface area contributed by atoms with Gasteiger partial charge in [-0.05, 0) is 18.6 Å². The van der Waals surface area contributed by atoms with E-state index >= 15 is 0 Å². The van der Waals surface area contributed by atoms with E-state index in [9.17, 15) is 8.42 Å². The van der Waals surface area contributed by atoms with E-state index in [0.717, 1.165) is 11.1 Å². The Labute approximate surface area is 107 Å². The van der Waals surface area contributed by atoms with Gasteiger partial charge in [-0.3, -0.25) is 5.10 Å². The van der Waals surface area contributed by atoms with Gasteiger partial charge in [0, 0.05) is 25.4 Å². The Morgan fingerprint density at radius 2 is 2.06 bits per heavy atom. The molecule has 0 aliphatic heterocycles. The molecule has 0 fully saturated rings. The number of aryl methyl sites for hydroxylation is 1. The molecule has 1 heterocycles. The van der Waals surface area contributed by atoms with Gasteiger partial charge in [0.1, 0.15) is 0 Å². The van der Waals surface area contributed by atoms with E-state index in [1.165, 1.54) is 4.31 Å². The number of hydrogen-bond donors (Lipinski definition) is 1. The second kappa shape index (κ2) is 4.91. The number of hydrogen-bond acceptors (Lipinski definition) is 3. The predicted molar refractivity (Wildman–Crippen MR) is 68.4 cm³/mol. The van der Waals surface area contributed by atoms with E-state index in [1.54, 1.807) is 44.6 Å². The van der Waals surface area contributed by atoms with Crippen LogP contribution in [0.5, 0.6) is 0 Å². The van der Waals surface area contributed by atoms with Crippen molar-refractivity contribution in [3.8, 4) is 0 Å². The summed E-state index contributed by atoms with van der Waals surface area (Å²) in [7, 11) is -1.89. The highest BCUT2D eigenvalue weighted by molar-refractivity contribution is 7.89. The lowest BCUT2D eigenvalue weighted by molar-refractivity contribution is 0.466. The Morgan fingerprint density at radius 3 is 2.67 bits per heavy atom. The molecule has 2 rings (SSSR count). The molecule has 18 heavy (non-hydrogen) atoms. The van der Waals surface area contributed by atoms with Crippen molar-refractivity contribution in [2.45, 2.75) is 18.4 Å². The Hall–Kier alpha value is -1.66. The van der Waals surface area contributed by atoms with E-state index in [1.807, 2.05) is 6.07 Å². The molecule has 1 aromatic carbocycles. The molecule has 0 radical (unpaired) electrons. The second-order valence-corrected chi connectivity index (χ2v) is 6.15. The number of aromatic amines is 1. The molecule has 0 spiro atoms. The molecule has 0 atom stereocenters. The fourth-order valence-electron chi connectivity index (χ4n) is 1.72. The normalized spacial score (nSPS) is 11.9. The van der Waals surface area contributed by atoms with E-state index in [-0.39, 0.29) is 0 Å². The van der Waals surface area contributed by atoms with Crippen LogP contribution in [0.1, 0.15) is 11.1 Å². The third-order valence-electron chi connectivity index (χ3n) is 2.74. The van der Waals surface area contributed by atoms with Crippen LogP contribution in [-0.2, 0) is 16.6 Å². The Kier molecular flexibility index (Phi) is 3.49. The first-order valence-electron chi connectivity index (χ1n) is 5.51. The zero-order valence-corrected chi connectivity index (χ0v) is 11.1. The molecule has 0 saturated heterocycles. The fraction of sp³-hybridized carbons (Fsp3) is 0.250. The van der Waals surface area contributed by atoms with Gasteiger partial charge in [0.25, 0.3) is 0 Å². The van der Waals surface area contributed by atoms with Gasteiger partial charge in [-0.15, -0.1) is 0 Å². The summed E-state index contributed by atoms with van der Waals surface area (Å²) in [5.74, 6) is 0. The zero-order chi connectivity index (χ0) is 13.2. The Morgan fingerprint density at radius 1 is 1.33 bits per heavy atom. The van der Waals surface area contributed by atoms with Gasteiger partial charge in [0.05, 0.1) is 11.1 Å². The van der Waals surface area contributed by atoms with Crippen LogP contribution in [-0.4, -0.2) is 30.0 Å². The minimum absolute atomic E-state index is 0.299. The van der Waals surface area contributed by atoms with E-state index in [2.05, 4.69) is 10.2 Å². The van der Waals surface area contributed by atoms with Crippen molar-refractivity contribution >= 4 is 10.0 Å². The first-order valence-corrected chi connectivity index (χ1v) is 6.95. The molecule has 0 bridgehead atoms. The summed E-state index contributed by atoms with van der Waals surface area (Å²) < 4.78 is 26.1. The van der Waals surface area contributed by atoms with Crippen LogP contribution >= 0.6 is 0 Å². The van der Waals surface area contributed by atoms with E-state index < -0.39 is 10.0 Å². The molecule has 1 N–H and O–H groups in total. The molecule has 1 aromatic heterocycles. The van der Waals surface area contributed by atoms with Crippen molar-refractivity contribution in [3.63, 3.8) is 0 Å². The maximum absolute atomic E-state index is 12.4. The lowest BCUT2D eigenvalue weighted by atomic mass is 10.2. The van der Waals surface area contributed by atoms with Crippen molar-refractivity contribution in [2.24, 2.45) is 0 Å². The topological polar surface area (TPSA) is 66.1 Å².